The van der Waals surface area contributed by atoms with Crippen molar-refractivity contribution < 1.29 is 9.59 Å². The summed E-state index contributed by atoms with van der Waals surface area (Å²) in [6, 6.07) is 10.5. The molecule has 2 saturated heterocycles. The summed E-state index contributed by atoms with van der Waals surface area (Å²) in [7, 11) is 0. The predicted octanol–water partition coefficient (Wildman–Crippen LogP) is 2.03. The molecule has 4 atom stereocenters. The highest BCUT2D eigenvalue weighted by atomic mass is 16.2. The molecule has 30 heavy (non-hydrogen) atoms. The van der Waals surface area contributed by atoms with E-state index in [4.69, 9.17) is 0 Å². The van der Waals surface area contributed by atoms with E-state index in [0.29, 0.717) is 13.0 Å². The maximum Gasteiger partial charge on any atom is 0.234 e. The lowest BCUT2D eigenvalue weighted by Crippen LogP contribution is -2.60. The number of nitrogens with zero attached hydrogens (tertiary/aromatic N) is 1. The van der Waals surface area contributed by atoms with Crippen LogP contribution in [0.3, 0.4) is 0 Å². The molecule has 0 spiro atoms. The molecular weight excluding hydrogens is 378 g/mol. The van der Waals surface area contributed by atoms with E-state index in [2.05, 4.69) is 38.0 Å². The second kappa shape index (κ2) is 8.40. The highest BCUT2D eigenvalue weighted by molar-refractivity contribution is 5.83. The van der Waals surface area contributed by atoms with Gasteiger partial charge in [0.25, 0.3) is 0 Å². The molecule has 0 radical (unpaired) electrons. The number of hydrogen-bond acceptors (Lipinski definition) is 4. The monoisotopic (exact) mass is 409 g/mol. The van der Waals surface area contributed by atoms with Crippen LogP contribution in [0.4, 0.5) is 0 Å². The normalized spacial score (nSPS) is 29.9. The molecule has 2 aromatic rings. The Labute approximate surface area is 177 Å². The fourth-order valence-corrected chi connectivity index (χ4v) is 5.31. The summed E-state index contributed by atoms with van der Waals surface area (Å²) < 4.78 is 0. The van der Waals surface area contributed by atoms with Gasteiger partial charge >= 0.3 is 0 Å². The number of rotatable bonds is 4. The minimum Gasteiger partial charge on any atom is -0.356 e. The molecule has 2 aliphatic heterocycles. The highest BCUT2D eigenvalue weighted by Crippen LogP contribution is 2.31. The lowest BCUT2D eigenvalue weighted by Gasteiger charge is -2.42. The Morgan fingerprint density at radius 2 is 1.97 bits per heavy atom. The van der Waals surface area contributed by atoms with Gasteiger partial charge in [-0.15, -0.1) is 0 Å². The van der Waals surface area contributed by atoms with E-state index >= 15 is 0 Å². The SMILES string of the molecule is O=C(CN1CCCCC1)NC1CCC2NC(c3cc4ccccc4[nH]3)NC(=O)C2C1. The van der Waals surface area contributed by atoms with Crippen molar-refractivity contribution in [3.8, 4) is 0 Å². The molecule has 1 saturated carbocycles. The molecule has 2 amide bonds. The fraction of sp³-hybridized carbons (Fsp3) is 0.565. The van der Waals surface area contributed by atoms with Gasteiger partial charge in [0.05, 0.1) is 18.2 Å². The number of H-pyrrole nitrogens is 1. The van der Waals surface area contributed by atoms with Crippen LogP contribution >= 0.6 is 0 Å². The number of fused-ring (bicyclic) bond motifs is 2. The number of likely N-dealkylation sites (tertiary alicyclic amines) is 1. The van der Waals surface area contributed by atoms with Gasteiger partial charge in [0.1, 0.15) is 6.17 Å². The molecule has 3 heterocycles. The maximum atomic E-state index is 12.9. The smallest absolute Gasteiger partial charge is 0.234 e. The minimum absolute atomic E-state index is 0.0809. The van der Waals surface area contributed by atoms with Crippen LogP contribution in [-0.2, 0) is 9.59 Å². The first-order valence-corrected chi connectivity index (χ1v) is 11.3. The number of carbonyl (C=O) groups excluding carboxylic acids is 2. The largest absolute Gasteiger partial charge is 0.356 e. The standard InChI is InChI=1S/C23H31N5O2/c29-21(14-28-10-4-1-5-11-28)24-16-8-9-19-17(13-16)23(30)27-22(26-19)20-12-15-6-2-3-7-18(15)25-20/h2-3,6-7,12,16-17,19,22,25-26H,1,4-5,8-11,13-14H2,(H,24,29)(H,27,30). The van der Waals surface area contributed by atoms with Crippen molar-refractivity contribution in [1.29, 1.82) is 0 Å². The Morgan fingerprint density at radius 3 is 2.80 bits per heavy atom. The Balaban J connectivity index is 1.18. The number of aromatic nitrogens is 1. The van der Waals surface area contributed by atoms with Crippen LogP contribution in [0.15, 0.2) is 30.3 Å². The van der Waals surface area contributed by atoms with Crippen LogP contribution < -0.4 is 16.0 Å². The van der Waals surface area contributed by atoms with E-state index in [9.17, 15) is 9.59 Å². The molecule has 5 rings (SSSR count). The molecule has 1 aromatic carbocycles. The lowest BCUT2D eigenvalue weighted by atomic mass is 9.79. The van der Waals surface area contributed by atoms with Crippen LogP contribution in [0.1, 0.15) is 50.4 Å². The Morgan fingerprint density at radius 1 is 1.13 bits per heavy atom. The maximum absolute atomic E-state index is 12.9. The molecule has 7 nitrogen and oxygen atoms in total. The Bertz CT molecular complexity index is 886. The van der Waals surface area contributed by atoms with E-state index < -0.39 is 0 Å². The Hall–Kier alpha value is -2.38. The molecule has 4 unspecified atom stereocenters. The number of carbonyl (C=O) groups is 2. The molecule has 4 N–H and O–H groups in total. The first-order valence-electron chi connectivity index (χ1n) is 11.3. The van der Waals surface area contributed by atoms with Gasteiger partial charge in [0, 0.05) is 17.6 Å². The first kappa shape index (κ1) is 19.6. The molecular formula is C23H31N5O2. The lowest BCUT2D eigenvalue weighted by molar-refractivity contribution is -0.132. The van der Waals surface area contributed by atoms with Crippen LogP contribution in [0.5, 0.6) is 0 Å². The average molecular weight is 410 g/mol. The molecule has 3 aliphatic rings. The second-order valence-corrected chi connectivity index (χ2v) is 9.05. The second-order valence-electron chi connectivity index (χ2n) is 9.05. The fourth-order valence-electron chi connectivity index (χ4n) is 5.31. The van der Waals surface area contributed by atoms with E-state index in [0.717, 1.165) is 42.5 Å². The summed E-state index contributed by atoms with van der Waals surface area (Å²) >= 11 is 0. The van der Waals surface area contributed by atoms with Crippen molar-refractivity contribution in [3.05, 3.63) is 36.0 Å². The highest BCUT2D eigenvalue weighted by Gasteiger charge is 2.41. The summed E-state index contributed by atoms with van der Waals surface area (Å²) in [5, 5.41) is 11.1. The quantitative estimate of drug-likeness (QED) is 0.622. The zero-order valence-electron chi connectivity index (χ0n) is 17.3. The van der Waals surface area contributed by atoms with Gasteiger partial charge < -0.3 is 15.6 Å². The molecule has 7 heteroatoms. The number of amides is 2. The van der Waals surface area contributed by atoms with Gasteiger partial charge in [-0.25, -0.2) is 0 Å². The Kier molecular flexibility index (Phi) is 5.48. The minimum atomic E-state index is -0.198. The third-order valence-corrected chi connectivity index (χ3v) is 6.90. The number of benzene rings is 1. The molecule has 1 aliphatic carbocycles. The molecule has 160 valence electrons. The number of hydrogen-bond donors (Lipinski definition) is 4. The van der Waals surface area contributed by atoms with E-state index in [1.54, 1.807) is 0 Å². The van der Waals surface area contributed by atoms with Gasteiger partial charge in [0.2, 0.25) is 11.8 Å². The average Bonchev–Trinajstić information content (AvgIpc) is 3.19. The van der Waals surface area contributed by atoms with Crippen molar-refractivity contribution >= 4 is 22.7 Å². The van der Waals surface area contributed by atoms with Crippen LogP contribution in [-0.4, -0.2) is 53.4 Å². The van der Waals surface area contributed by atoms with Gasteiger partial charge in [-0.2, -0.15) is 0 Å². The summed E-state index contributed by atoms with van der Waals surface area (Å²) in [6.07, 6.45) is 5.94. The van der Waals surface area contributed by atoms with Gasteiger partial charge in [0.15, 0.2) is 0 Å². The first-order chi connectivity index (χ1) is 14.7. The molecule has 0 bridgehead atoms. The topological polar surface area (TPSA) is 89.3 Å². The van der Waals surface area contributed by atoms with E-state index in [-0.39, 0.29) is 36.0 Å². The predicted molar refractivity (Wildman–Crippen MR) is 116 cm³/mol. The summed E-state index contributed by atoms with van der Waals surface area (Å²) in [5.41, 5.74) is 2.06. The third kappa shape index (κ3) is 4.09. The van der Waals surface area contributed by atoms with Crippen LogP contribution in [0.25, 0.3) is 10.9 Å². The van der Waals surface area contributed by atoms with Crippen LogP contribution in [0.2, 0.25) is 0 Å². The summed E-state index contributed by atoms with van der Waals surface area (Å²) in [5.74, 6) is 0.0810. The molecule has 3 fully saturated rings. The zero-order chi connectivity index (χ0) is 20.5. The summed E-state index contributed by atoms with van der Waals surface area (Å²) in [4.78, 5) is 31.0. The van der Waals surface area contributed by atoms with E-state index in [1.165, 1.54) is 19.3 Å². The summed E-state index contributed by atoms with van der Waals surface area (Å²) in [6.45, 7) is 2.52. The molecule has 1 aromatic heterocycles. The number of aromatic amines is 1. The van der Waals surface area contributed by atoms with Crippen molar-refractivity contribution in [2.24, 2.45) is 5.92 Å². The number of nitrogens with one attached hydrogen (secondary N) is 4. The van der Waals surface area contributed by atoms with Crippen molar-refractivity contribution in [1.82, 2.24) is 25.8 Å². The number of para-hydroxylation sites is 1. The zero-order valence-corrected chi connectivity index (χ0v) is 17.3. The van der Waals surface area contributed by atoms with E-state index in [1.807, 2.05) is 18.2 Å². The third-order valence-electron chi connectivity index (χ3n) is 6.90. The van der Waals surface area contributed by atoms with Crippen molar-refractivity contribution in [2.45, 2.75) is 56.8 Å². The number of piperidine rings is 1. The van der Waals surface area contributed by atoms with Gasteiger partial charge in [-0.05, 0) is 62.7 Å². The van der Waals surface area contributed by atoms with Crippen LogP contribution in [0, 0.1) is 5.92 Å². The van der Waals surface area contributed by atoms with Crippen molar-refractivity contribution in [3.63, 3.8) is 0 Å². The van der Waals surface area contributed by atoms with Gasteiger partial charge in [-0.3, -0.25) is 19.8 Å². The van der Waals surface area contributed by atoms with Gasteiger partial charge in [-0.1, -0.05) is 24.6 Å². The van der Waals surface area contributed by atoms with Crippen molar-refractivity contribution in [2.75, 3.05) is 19.6 Å².